The summed E-state index contributed by atoms with van der Waals surface area (Å²) in [5.41, 5.74) is 2.24. The van der Waals surface area contributed by atoms with Crippen LogP contribution in [0.4, 0.5) is 5.69 Å². The van der Waals surface area contributed by atoms with Gasteiger partial charge >= 0.3 is 0 Å². The second-order valence-electron chi connectivity index (χ2n) is 5.59. The Labute approximate surface area is 129 Å². The normalized spacial score (nSPS) is 20.4. The minimum atomic E-state index is -0.451. The number of hydrogen-bond acceptors (Lipinski definition) is 2. The van der Waals surface area contributed by atoms with E-state index in [4.69, 9.17) is 11.6 Å². The molecule has 0 unspecified atom stereocenters. The first-order chi connectivity index (χ1) is 10.1. The number of nitrogens with one attached hydrogen (secondary N) is 2. The van der Waals surface area contributed by atoms with Gasteiger partial charge < -0.3 is 10.6 Å². The number of rotatable bonds is 3. The van der Waals surface area contributed by atoms with Crippen molar-refractivity contribution in [2.75, 3.05) is 5.32 Å². The maximum Gasteiger partial charge on any atom is 0.255 e. The molecule has 0 saturated heterocycles. The molecule has 1 aliphatic rings. The van der Waals surface area contributed by atoms with Crippen LogP contribution in [0.5, 0.6) is 0 Å². The molecular weight excluding hydrogens is 284 g/mol. The average molecular weight is 301 g/mol. The molecule has 2 aromatic rings. The third-order valence-electron chi connectivity index (χ3n) is 3.78. The first-order valence-electron chi connectivity index (χ1n) is 7.00. The van der Waals surface area contributed by atoms with Gasteiger partial charge in [0.1, 0.15) is 5.66 Å². The smallest absolute Gasteiger partial charge is 0.255 e. The Morgan fingerprint density at radius 3 is 2.62 bits per heavy atom. The molecule has 0 spiro atoms. The van der Waals surface area contributed by atoms with Crippen LogP contribution in [0.2, 0.25) is 5.02 Å². The van der Waals surface area contributed by atoms with Crippen LogP contribution in [0.15, 0.2) is 48.5 Å². The van der Waals surface area contributed by atoms with Crippen molar-refractivity contribution >= 4 is 23.2 Å². The summed E-state index contributed by atoms with van der Waals surface area (Å²) in [6.07, 6.45) is 1.71. The molecule has 1 atom stereocenters. The molecule has 2 aromatic carbocycles. The molecular formula is C17H17ClN2O. The highest BCUT2D eigenvalue weighted by Gasteiger charge is 2.32. The van der Waals surface area contributed by atoms with E-state index in [1.54, 1.807) is 12.1 Å². The number of aryl methyl sites for hydroxylation is 1. The van der Waals surface area contributed by atoms with Crippen molar-refractivity contribution in [3.05, 3.63) is 64.7 Å². The van der Waals surface area contributed by atoms with Crippen molar-refractivity contribution in [2.45, 2.75) is 25.4 Å². The van der Waals surface area contributed by atoms with E-state index in [-0.39, 0.29) is 5.91 Å². The lowest BCUT2D eigenvalue weighted by Crippen LogP contribution is -2.55. The highest BCUT2D eigenvalue weighted by atomic mass is 35.5. The Hall–Kier alpha value is -2.00. The van der Waals surface area contributed by atoms with Crippen LogP contribution in [0.25, 0.3) is 0 Å². The second-order valence-corrected chi connectivity index (χ2v) is 6.02. The lowest BCUT2D eigenvalue weighted by molar-refractivity contribution is 0.0903. The monoisotopic (exact) mass is 300 g/mol. The molecule has 0 radical (unpaired) electrons. The van der Waals surface area contributed by atoms with Gasteiger partial charge in [-0.05, 0) is 43.5 Å². The Bertz CT molecular complexity index is 672. The van der Waals surface area contributed by atoms with Gasteiger partial charge in [-0.25, -0.2) is 0 Å². The standard InChI is InChI=1S/C17H17ClN2O/c1-17(10-9-12-5-3-2-4-6-12)19-15-8-7-13(18)11-14(15)16(21)20-17/h2-8,11,19H,9-10H2,1H3,(H,20,21)/t17-/m1/s1. The Kier molecular flexibility index (Phi) is 3.60. The summed E-state index contributed by atoms with van der Waals surface area (Å²) < 4.78 is 0. The van der Waals surface area contributed by atoms with E-state index in [1.807, 2.05) is 31.2 Å². The van der Waals surface area contributed by atoms with Gasteiger partial charge in [0, 0.05) is 10.7 Å². The van der Waals surface area contributed by atoms with Gasteiger partial charge in [0.2, 0.25) is 0 Å². The van der Waals surface area contributed by atoms with E-state index in [9.17, 15) is 4.79 Å². The molecule has 0 fully saturated rings. The van der Waals surface area contributed by atoms with Crippen LogP contribution >= 0.6 is 11.6 Å². The van der Waals surface area contributed by atoms with Crippen molar-refractivity contribution in [1.29, 1.82) is 0 Å². The van der Waals surface area contributed by atoms with Crippen LogP contribution in [-0.2, 0) is 6.42 Å². The number of anilines is 1. The summed E-state index contributed by atoms with van der Waals surface area (Å²) in [5.74, 6) is -0.0817. The molecule has 108 valence electrons. The van der Waals surface area contributed by atoms with Gasteiger partial charge in [0.05, 0.1) is 5.56 Å². The van der Waals surface area contributed by atoms with Gasteiger partial charge in [0.25, 0.3) is 5.91 Å². The molecule has 0 aliphatic carbocycles. The van der Waals surface area contributed by atoms with E-state index in [0.717, 1.165) is 18.5 Å². The molecule has 0 aromatic heterocycles. The van der Waals surface area contributed by atoms with Crippen LogP contribution < -0.4 is 10.6 Å². The van der Waals surface area contributed by atoms with Crippen molar-refractivity contribution < 1.29 is 4.79 Å². The molecule has 21 heavy (non-hydrogen) atoms. The molecule has 2 N–H and O–H groups in total. The zero-order valence-electron chi connectivity index (χ0n) is 11.8. The van der Waals surface area contributed by atoms with Crippen LogP contribution in [0.1, 0.15) is 29.3 Å². The molecule has 1 heterocycles. The van der Waals surface area contributed by atoms with Gasteiger partial charge in [-0.3, -0.25) is 4.79 Å². The number of hydrogen-bond donors (Lipinski definition) is 2. The molecule has 0 saturated carbocycles. The van der Waals surface area contributed by atoms with Gasteiger partial charge in [-0.15, -0.1) is 0 Å². The molecule has 1 aliphatic heterocycles. The van der Waals surface area contributed by atoms with E-state index in [1.165, 1.54) is 5.56 Å². The predicted molar refractivity (Wildman–Crippen MR) is 85.7 cm³/mol. The summed E-state index contributed by atoms with van der Waals surface area (Å²) in [6, 6.07) is 15.6. The van der Waals surface area contributed by atoms with Crippen molar-refractivity contribution in [1.82, 2.24) is 5.32 Å². The van der Waals surface area contributed by atoms with Crippen molar-refractivity contribution in [2.24, 2.45) is 0 Å². The van der Waals surface area contributed by atoms with Gasteiger partial charge in [-0.2, -0.15) is 0 Å². The fourth-order valence-corrected chi connectivity index (χ4v) is 2.80. The van der Waals surface area contributed by atoms with Crippen molar-refractivity contribution in [3.8, 4) is 0 Å². The lowest BCUT2D eigenvalue weighted by atomic mass is 9.97. The zero-order chi connectivity index (χ0) is 14.9. The maximum atomic E-state index is 12.3. The van der Waals surface area contributed by atoms with Gasteiger partial charge in [0.15, 0.2) is 0 Å². The van der Waals surface area contributed by atoms with E-state index < -0.39 is 5.66 Å². The molecule has 0 bridgehead atoms. The lowest BCUT2D eigenvalue weighted by Gasteiger charge is -2.37. The van der Waals surface area contributed by atoms with E-state index >= 15 is 0 Å². The van der Waals surface area contributed by atoms with Crippen molar-refractivity contribution in [3.63, 3.8) is 0 Å². The first kappa shape index (κ1) is 14.0. The summed E-state index contributed by atoms with van der Waals surface area (Å²) >= 11 is 5.95. The highest BCUT2D eigenvalue weighted by molar-refractivity contribution is 6.31. The number of carbonyl (C=O) groups is 1. The second kappa shape index (κ2) is 5.41. The van der Waals surface area contributed by atoms with Gasteiger partial charge in [-0.1, -0.05) is 41.9 Å². The quantitative estimate of drug-likeness (QED) is 0.904. The molecule has 3 rings (SSSR count). The molecule has 1 amide bonds. The number of amides is 1. The number of halogens is 1. The summed E-state index contributed by atoms with van der Waals surface area (Å²) in [7, 11) is 0. The number of fused-ring (bicyclic) bond motifs is 1. The third-order valence-corrected chi connectivity index (χ3v) is 4.02. The van der Waals surface area contributed by atoms with E-state index in [2.05, 4.69) is 22.8 Å². The zero-order valence-corrected chi connectivity index (χ0v) is 12.6. The molecule has 4 heteroatoms. The van der Waals surface area contributed by atoms with Crippen LogP contribution in [0.3, 0.4) is 0 Å². The SMILES string of the molecule is C[C@]1(CCc2ccccc2)NC(=O)c2cc(Cl)ccc2N1. The van der Waals surface area contributed by atoms with E-state index in [0.29, 0.717) is 10.6 Å². The topological polar surface area (TPSA) is 41.1 Å². The average Bonchev–Trinajstić information content (AvgIpc) is 2.47. The largest absolute Gasteiger partial charge is 0.362 e. The minimum absolute atomic E-state index is 0.0817. The number of benzene rings is 2. The Morgan fingerprint density at radius 2 is 1.86 bits per heavy atom. The van der Waals surface area contributed by atoms with Crippen LogP contribution in [-0.4, -0.2) is 11.6 Å². The summed E-state index contributed by atoms with van der Waals surface area (Å²) in [4.78, 5) is 12.3. The minimum Gasteiger partial charge on any atom is -0.362 e. The third kappa shape index (κ3) is 3.03. The molecule has 3 nitrogen and oxygen atoms in total. The Morgan fingerprint density at radius 1 is 1.10 bits per heavy atom. The fourth-order valence-electron chi connectivity index (χ4n) is 2.62. The number of carbonyl (C=O) groups excluding carboxylic acids is 1. The van der Waals surface area contributed by atoms with Crippen LogP contribution in [0, 0.1) is 0 Å². The maximum absolute atomic E-state index is 12.3. The summed E-state index contributed by atoms with van der Waals surface area (Å²) in [6.45, 7) is 2.01. The summed E-state index contributed by atoms with van der Waals surface area (Å²) in [5, 5.41) is 7.02. The Balaban J connectivity index is 1.77. The predicted octanol–water partition coefficient (Wildman–Crippen LogP) is 3.84. The first-order valence-corrected chi connectivity index (χ1v) is 7.38. The highest BCUT2D eigenvalue weighted by Crippen LogP contribution is 2.29. The fraction of sp³-hybridized carbons (Fsp3) is 0.235.